The van der Waals surface area contributed by atoms with E-state index < -0.39 is 13.1 Å². The van der Waals surface area contributed by atoms with Gasteiger partial charge in [-0.2, -0.15) is 0 Å². The summed E-state index contributed by atoms with van der Waals surface area (Å²) >= 11 is 0. The molecular formula is C31H16B5OP. The number of fused-ring (bicyclic) bond motifs is 7. The third kappa shape index (κ3) is 2.93. The molecule has 2 atom stereocenters. The van der Waals surface area contributed by atoms with E-state index >= 15 is 4.57 Å². The Bertz CT molecular complexity index is 1840. The number of rotatable bonds is 2. The smallest absolute Gasteiger partial charge is 0.172 e. The topological polar surface area (TPSA) is 17.1 Å². The SMILES string of the molecule is [B]c1c([B])c([B])c(C2c3ccccc3-c3ccc4c(c32)P(=O)(c2ccccc2)c2ccccc2-4)c([B])c1[B]. The van der Waals surface area contributed by atoms with Gasteiger partial charge in [-0.05, 0) is 33.4 Å². The fourth-order valence-corrected chi connectivity index (χ4v) is 9.65. The number of benzene rings is 5. The van der Waals surface area contributed by atoms with Gasteiger partial charge in [0.15, 0.2) is 7.14 Å². The summed E-state index contributed by atoms with van der Waals surface area (Å²) < 4.78 is 15.6. The van der Waals surface area contributed by atoms with Gasteiger partial charge in [0, 0.05) is 21.8 Å². The van der Waals surface area contributed by atoms with Gasteiger partial charge < -0.3 is 4.57 Å². The van der Waals surface area contributed by atoms with Gasteiger partial charge in [-0.25, -0.2) is 0 Å². The van der Waals surface area contributed by atoms with Gasteiger partial charge in [-0.15, -0.1) is 27.3 Å². The lowest BCUT2D eigenvalue weighted by molar-refractivity contribution is 0.593. The van der Waals surface area contributed by atoms with Crippen LogP contribution in [-0.4, -0.2) is 39.2 Å². The van der Waals surface area contributed by atoms with Gasteiger partial charge >= 0.3 is 0 Å². The molecule has 10 radical (unpaired) electrons. The van der Waals surface area contributed by atoms with E-state index in [0.717, 1.165) is 49.3 Å². The van der Waals surface area contributed by atoms with Gasteiger partial charge in [0.25, 0.3) is 0 Å². The van der Waals surface area contributed by atoms with Crippen LogP contribution in [0.15, 0.2) is 91.0 Å². The molecule has 2 unspecified atom stereocenters. The second kappa shape index (κ2) is 8.33. The van der Waals surface area contributed by atoms with Gasteiger partial charge in [0.05, 0.1) is 0 Å². The zero-order valence-corrected chi connectivity index (χ0v) is 21.4. The van der Waals surface area contributed by atoms with Crippen molar-refractivity contribution in [3.63, 3.8) is 0 Å². The van der Waals surface area contributed by atoms with Crippen LogP contribution < -0.4 is 43.2 Å². The number of hydrogen-bond donors (Lipinski definition) is 0. The van der Waals surface area contributed by atoms with Crippen molar-refractivity contribution in [1.29, 1.82) is 0 Å². The van der Waals surface area contributed by atoms with Crippen LogP contribution in [0, 0.1) is 0 Å². The van der Waals surface area contributed by atoms with Gasteiger partial charge in [0.1, 0.15) is 39.2 Å². The molecule has 2 aliphatic rings. The highest BCUT2D eigenvalue weighted by atomic mass is 31.2. The predicted octanol–water partition coefficient (Wildman–Crippen LogP) is 0.436. The summed E-state index contributed by atoms with van der Waals surface area (Å²) in [4.78, 5) is 0. The Morgan fingerprint density at radius 2 is 1.05 bits per heavy atom. The first-order chi connectivity index (χ1) is 18.4. The highest BCUT2D eigenvalue weighted by Crippen LogP contribution is 2.58. The van der Waals surface area contributed by atoms with E-state index in [1.54, 1.807) is 0 Å². The molecule has 0 bridgehead atoms. The molecule has 0 aromatic heterocycles. The first-order valence-electron chi connectivity index (χ1n) is 12.4. The van der Waals surface area contributed by atoms with Crippen molar-refractivity contribution in [2.24, 2.45) is 0 Å². The maximum Gasteiger partial charge on any atom is 0.172 e. The van der Waals surface area contributed by atoms with Crippen LogP contribution in [0.4, 0.5) is 0 Å². The first-order valence-corrected chi connectivity index (χ1v) is 14.1. The molecule has 7 rings (SSSR count). The molecule has 1 nitrogen and oxygen atoms in total. The Kier molecular flexibility index (Phi) is 5.20. The Hall–Kier alpha value is -3.35. The Balaban J connectivity index is 1.65. The average Bonchev–Trinajstić information content (AvgIpc) is 3.42. The minimum Gasteiger partial charge on any atom is -0.309 e. The molecule has 0 N–H and O–H groups in total. The van der Waals surface area contributed by atoms with E-state index in [9.17, 15) is 0 Å². The van der Waals surface area contributed by atoms with Crippen LogP contribution in [0.2, 0.25) is 0 Å². The fraction of sp³-hybridized carbons (Fsp3) is 0.0323. The fourth-order valence-electron chi connectivity index (χ4n) is 6.33. The molecule has 1 aliphatic heterocycles. The summed E-state index contributed by atoms with van der Waals surface area (Å²) in [6.07, 6.45) is 0. The van der Waals surface area contributed by atoms with Crippen LogP contribution in [-0.2, 0) is 4.57 Å². The van der Waals surface area contributed by atoms with Crippen molar-refractivity contribution < 1.29 is 4.57 Å². The van der Waals surface area contributed by atoms with Crippen LogP contribution in [0.25, 0.3) is 22.3 Å². The maximum absolute atomic E-state index is 15.6. The highest BCUT2D eigenvalue weighted by Gasteiger charge is 2.46. The summed E-state index contributed by atoms with van der Waals surface area (Å²) in [5, 5.41) is 2.43. The second-order valence-corrected chi connectivity index (χ2v) is 12.6. The zero-order valence-electron chi connectivity index (χ0n) is 20.5. The van der Waals surface area contributed by atoms with E-state index in [1.165, 1.54) is 0 Å². The molecule has 0 amide bonds. The van der Waals surface area contributed by atoms with E-state index in [2.05, 4.69) is 24.3 Å². The van der Waals surface area contributed by atoms with Crippen molar-refractivity contribution in [2.45, 2.75) is 5.92 Å². The lowest BCUT2D eigenvalue weighted by Crippen LogP contribution is -2.56. The quantitative estimate of drug-likeness (QED) is 0.255. The maximum atomic E-state index is 15.6. The average molecular weight is 490 g/mol. The molecule has 0 saturated heterocycles. The summed E-state index contributed by atoms with van der Waals surface area (Å²) in [5.41, 5.74) is 7.69. The van der Waals surface area contributed by atoms with E-state index in [-0.39, 0.29) is 16.4 Å². The predicted molar refractivity (Wildman–Crippen MR) is 165 cm³/mol. The first kappa shape index (κ1) is 23.7. The minimum atomic E-state index is -3.26. The largest absolute Gasteiger partial charge is 0.309 e. The molecule has 1 aliphatic carbocycles. The Morgan fingerprint density at radius 3 is 1.76 bits per heavy atom. The van der Waals surface area contributed by atoms with Crippen LogP contribution in [0.1, 0.15) is 22.6 Å². The van der Waals surface area contributed by atoms with Gasteiger partial charge in [-0.1, -0.05) is 96.6 Å². The molecular weight excluding hydrogens is 473 g/mol. The zero-order chi connectivity index (χ0) is 26.3. The third-order valence-electron chi connectivity index (χ3n) is 8.07. The Morgan fingerprint density at radius 1 is 0.500 bits per heavy atom. The lowest BCUT2D eigenvalue weighted by atomic mass is 9.58. The summed E-state index contributed by atoms with van der Waals surface area (Å²) in [7, 11) is 28.9. The molecule has 0 spiro atoms. The molecule has 7 heteroatoms. The molecule has 38 heavy (non-hydrogen) atoms. The minimum absolute atomic E-state index is 0.177. The number of hydrogen-bond acceptors (Lipinski definition) is 1. The summed E-state index contributed by atoms with van der Waals surface area (Å²) in [6.45, 7) is 0. The normalized spacial score (nSPS) is 18.5. The monoisotopic (exact) mass is 490 g/mol. The van der Waals surface area contributed by atoms with Crippen LogP contribution >= 0.6 is 7.14 Å². The van der Waals surface area contributed by atoms with Crippen molar-refractivity contribution in [1.82, 2.24) is 0 Å². The summed E-state index contributed by atoms with van der Waals surface area (Å²) in [5.74, 6) is -0.423. The molecule has 0 saturated carbocycles. The van der Waals surface area contributed by atoms with E-state index in [0.29, 0.717) is 16.5 Å². The molecule has 166 valence electrons. The molecule has 1 heterocycles. The van der Waals surface area contributed by atoms with Crippen LogP contribution in [0.5, 0.6) is 0 Å². The molecule has 5 aromatic carbocycles. The third-order valence-corrected chi connectivity index (χ3v) is 11.3. The summed E-state index contributed by atoms with van der Waals surface area (Å²) in [6, 6.07) is 30.0. The van der Waals surface area contributed by atoms with Crippen molar-refractivity contribution in [3.05, 3.63) is 108 Å². The van der Waals surface area contributed by atoms with Crippen molar-refractivity contribution in [2.75, 3.05) is 0 Å². The molecule has 5 aromatic rings. The van der Waals surface area contributed by atoms with Gasteiger partial charge in [0.2, 0.25) is 0 Å². The molecule has 0 fully saturated rings. The van der Waals surface area contributed by atoms with E-state index in [4.69, 9.17) is 39.2 Å². The van der Waals surface area contributed by atoms with Crippen molar-refractivity contribution in [3.8, 4) is 22.3 Å². The van der Waals surface area contributed by atoms with Crippen LogP contribution in [0.3, 0.4) is 0 Å². The highest BCUT2D eigenvalue weighted by molar-refractivity contribution is 7.86. The second-order valence-electron chi connectivity index (χ2n) is 9.89. The van der Waals surface area contributed by atoms with E-state index in [1.807, 2.05) is 66.7 Å². The standard InChI is InChI=1S/C31H16B5OP/c32-26-25(27(33)29(35)30(36)28(26)34)23-19-12-5-4-10-17(19)20-14-15-21-18-11-6-7-13-22(18)38(37,31(21)24(20)23)16-8-2-1-3-9-16/h1-15,23H. The van der Waals surface area contributed by atoms with Crippen molar-refractivity contribution >= 4 is 89.6 Å². The Labute approximate surface area is 229 Å². The van der Waals surface area contributed by atoms with Gasteiger partial charge in [-0.3, -0.25) is 0 Å². The lowest BCUT2D eigenvalue weighted by Gasteiger charge is -2.28.